The number of para-hydroxylation sites is 1. The number of carbonyl (C=O) groups excluding carboxylic acids is 3. The van der Waals surface area contributed by atoms with Gasteiger partial charge in [-0.25, -0.2) is 0 Å². The van der Waals surface area contributed by atoms with Gasteiger partial charge < -0.3 is 15.4 Å². The van der Waals surface area contributed by atoms with Gasteiger partial charge in [-0.05, 0) is 66.0 Å². The van der Waals surface area contributed by atoms with Crippen LogP contribution in [0.25, 0.3) is 0 Å². The van der Waals surface area contributed by atoms with Crippen LogP contribution in [0.1, 0.15) is 88.7 Å². The molecular formula is C35H43ClN2O4. The molecule has 0 saturated heterocycles. The number of anilines is 2. The summed E-state index contributed by atoms with van der Waals surface area (Å²) in [6.07, 6.45) is 2.80. The van der Waals surface area contributed by atoms with Gasteiger partial charge in [0.1, 0.15) is 5.75 Å². The second-order valence-corrected chi connectivity index (χ2v) is 12.3. The molecule has 3 rings (SSSR count). The van der Waals surface area contributed by atoms with Crippen LogP contribution in [0.5, 0.6) is 5.75 Å². The maximum absolute atomic E-state index is 12.9. The van der Waals surface area contributed by atoms with E-state index in [9.17, 15) is 14.4 Å². The Morgan fingerprint density at radius 2 is 1.48 bits per heavy atom. The van der Waals surface area contributed by atoms with E-state index in [0.717, 1.165) is 18.6 Å². The van der Waals surface area contributed by atoms with Crippen molar-refractivity contribution in [1.29, 1.82) is 0 Å². The van der Waals surface area contributed by atoms with Crippen LogP contribution in [-0.4, -0.2) is 29.6 Å². The van der Waals surface area contributed by atoms with Crippen LogP contribution >= 0.6 is 11.6 Å². The Labute approximate surface area is 255 Å². The van der Waals surface area contributed by atoms with Crippen molar-refractivity contribution in [2.24, 2.45) is 0 Å². The maximum atomic E-state index is 12.9. The lowest BCUT2D eigenvalue weighted by Crippen LogP contribution is -2.30. The molecule has 0 bridgehead atoms. The minimum absolute atomic E-state index is 0.0424. The van der Waals surface area contributed by atoms with Gasteiger partial charge in [0.15, 0.2) is 11.2 Å². The Kier molecular flexibility index (Phi) is 11.3. The first-order valence-electron chi connectivity index (χ1n) is 14.6. The smallest absolute Gasteiger partial charge is 0.250 e. The fourth-order valence-electron chi connectivity index (χ4n) is 4.38. The van der Waals surface area contributed by atoms with E-state index in [1.807, 2.05) is 6.07 Å². The summed E-state index contributed by atoms with van der Waals surface area (Å²) in [5.74, 6) is -0.497. The summed E-state index contributed by atoms with van der Waals surface area (Å²) < 4.78 is 6.19. The average Bonchev–Trinajstić information content (AvgIpc) is 2.99. The third-order valence-corrected chi connectivity index (χ3v) is 8.39. The molecule has 0 aliphatic rings. The van der Waals surface area contributed by atoms with Crippen LogP contribution in [0.4, 0.5) is 11.4 Å². The Morgan fingerprint density at radius 1 is 0.810 bits per heavy atom. The van der Waals surface area contributed by atoms with Crippen LogP contribution in [0.2, 0.25) is 0 Å². The van der Waals surface area contributed by atoms with Crippen molar-refractivity contribution in [2.75, 3.05) is 17.2 Å². The fraction of sp³-hybridized carbons (Fsp3) is 0.400. The number of nitrogens with one attached hydrogen (secondary N) is 2. The number of ether oxygens (including phenoxy) is 1. The normalized spacial score (nSPS) is 12.4. The van der Waals surface area contributed by atoms with E-state index >= 15 is 0 Å². The van der Waals surface area contributed by atoms with E-state index in [-0.39, 0.29) is 28.7 Å². The number of halogens is 1. The number of benzene rings is 3. The summed E-state index contributed by atoms with van der Waals surface area (Å²) in [5.41, 5.74) is 3.76. The van der Waals surface area contributed by atoms with Crippen molar-refractivity contribution in [3.63, 3.8) is 0 Å². The second-order valence-electron chi connectivity index (χ2n) is 11.8. The molecule has 0 saturated carbocycles. The van der Waals surface area contributed by atoms with Gasteiger partial charge in [0.25, 0.3) is 0 Å². The molecule has 6 nitrogen and oxygen atoms in total. The van der Waals surface area contributed by atoms with Crippen molar-refractivity contribution in [1.82, 2.24) is 0 Å². The van der Waals surface area contributed by atoms with Crippen LogP contribution in [0.15, 0.2) is 72.8 Å². The fourth-order valence-corrected chi connectivity index (χ4v) is 4.56. The van der Waals surface area contributed by atoms with Crippen LogP contribution in [0.3, 0.4) is 0 Å². The summed E-state index contributed by atoms with van der Waals surface area (Å²) in [4.78, 5) is 38.0. The zero-order valence-corrected chi connectivity index (χ0v) is 26.3. The van der Waals surface area contributed by atoms with Crippen molar-refractivity contribution in [3.05, 3.63) is 89.5 Å². The number of carbonyl (C=O) groups is 3. The molecule has 2 N–H and O–H groups in total. The highest BCUT2D eigenvalue weighted by atomic mass is 35.5. The van der Waals surface area contributed by atoms with Crippen LogP contribution in [-0.2, 0) is 20.4 Å². The molecule has 3 aromatic rings. The largest absolute Gasteiger partial charge is 0.493 e. The van der Waals surface area contributed by atoms with Gasteiger partial charge >= 0.3 is 0 Å². The lowest BCUT2D eigenvalue weighted by Gasteiger charge is -2.30. The number of hydrogen-bond donors (Lipinski definition) is 2. The highest BCUT2D eigenvalue weighted by molar-refractivity contribution is 6.45. The molecule has 224 valence electrons. The van der Waals surface area contributed by atoms with E-state index in [2.05, 4.69) is 70.4 Å². The van der Waals surface area contributed by atoms with Crippen molar-refractivity contribution >= 4 is 40.6 Å². The predicted octanol–water partition coefficient (Wildman–Crippen LogP) is 8.29. The van der Waals surface area contributed by atoms with Crippen molar-refractivity contribution in [3.8, 4) is 5.75 Å². The average molecular weight is 591 g/mol. The quantitative estimate of drug-likeness (QED) is 0.0856. The highest BCUT2D eigenvalue weighted by Gasteiger charge is 2.27. The molecule has 0 spiro atoms. The summed E-state index contributed by atoms with van der Waals surface area (Å²) in [6, 6.07) is 21.7. The minimum atomic E-state index is -1.40. The lowest BCUT2D eigenvalue weighted by atomic mass is 9.76. The molecule has 1 unspecified atom stereocenters. The number of amides is 2. The number of alkyl halides is 1. The van der Waals surface area contributed by atoms with Gasteiger partial charge in [0, 0.05) is 28.9 Å². The van der Waals surface area contributed by atoms with E-state index in [4.69, 9.17) is 16.3 Å². The van der Waals surface area contributed by atoms with Crippen LogP contribution in [0, 0.1) is 0 Å². The van der Waals surface area contributed by atoms with E-state index in [0.29, 0.717) is 24.4 Å². The predicted molar refractivity (Wildman–Crippen MR) is 172 cm³/mol. The molecule has 0 aliphatic heterocycles. The first-order valence-corrected chi connectivity index (χ1v) is 15.0. The Morgan fingerprint density at radius 3 is 2.14 bits per heavy atom. The van der Waals surface area contributed by atoms with E-state index in [1.165, 1.54) is 17.2 Å². The summed E-state index contributed by atoms with van der Waals surface area (Å²) in [5, 5.41) is 4.06. The molecule has 0 fully saturated rings. The van der Waals surface area contributed by atoms with E-state index in [1.54, 1.807) is 42.5 Å². The monoisotopic (exact) mass is 590 g/mol. The molecule has 1 atom stereocenters. The summed E-state index contributed by atoms with van der Waals surface area (Å²) in [6.45, 7) is 13.8. The molecule has 3 aromatic carbocycles. The van der Waals surface area contributed by atoms with Crippen LogP contribution < -0.4 is 15.4 Å². The zero-order chi connectivity index (χ0) is 30.9. The number of ketones is 1. The maximum Gasteiger partial charge on any atom is 0.250 e. The first kappa shape index (κ1) is 32.9. The number of hydrogen-bond acceptors (Lipinski definition) is 4. The van der Waals surface area contributed by atoms with Crippen molar-refractivity contribution < 1.29 is 19.1 Å². The minimum Gasteiger partial charge on any atom is -0.493 e. The lowest BCUT2D eigenvalue weighted by molar-refractivity contribution is -0.116. The highest BCUT2D eigenvalue weighted by Crippen LogP contribution is 2.38. The molecular weight excluding hydrogens is 548 g/mol. The zero-order valence-electron chi connectivity index (χ0n) is 25.6. The molecule has 0 aliphatic carbocycles. The third-order valence-electron chi connectivity index (χ3n) is 8.00. The standard InChI is InChI=1S/C35H43ClN2O4/c1-7-34(3,4)25-19-20-29(28(23-25)35(5,6)8-2)42-21-13-18-30(39)37-27-17-12-14-24(22-27)32(40)31(36)33(41)38-26-15-10-9-11-16-26/h9-12,14-17,19-20,22-23,31H,7-8,13,18,21H2,1-6H3,(H,37,39)(H,38,41). The Hall–Kier alpha value is -3.64. The molecule has 42 heavy (non-hydrogen) atoms. The summed E-state index contributed by atoms with van der Waals surface area (Å²) >= 11 is 6.18. The number of Topliss-reactive ketones (excluding diaryl/α,β-unsaturated/α-hetero) is 1. The summed E-state index contributed by atoms with van der Waals surface area (Å²) in [7, 11) is 0. The van der Waals surface area contributed by atoms with Crippen molar-refractivity contribution in [2.45, 2.75) is 83.4 Å². The molecule has 2 amide bonds. The SMILES string of the molecule is CCC(C)(C)c1ccc(OCCCC(=O)Nc2cccc(C(=O)C(Cl)C(=O)Nc3ccccc3)c2)c(C(C)(C)CC)c1. The second kappa shape index (κ2) is 14.5. The van der Waals surface area contributed by atoms with E-state index < -0.39 is 17.1 Å². The van der Waals surface area contributed by atoms with Gasteiger partial charge in [0.2, 0.25) is 11.8 Å². The molecule has 0 heterocycles. The molecule has 0 aromatic heterocycles. The topological polar surface area (TPSA) is 84.5 Å². The van der Waals surface area contributed by atoms with Gasteiger partial charge in [-0.15, -0.1) is 11.6 Å². The number of rotatable bonds is 14. The Balaban J connectivity index is 1.56. The Bertz CT molecular complexity index is 1380. The third kappa shape index (κ3) is 8.68. The van der Waals surface area contributed by atoms with Gasteiger partial charge in [-0.1, -0.05) is 84.0 Å². The first-order chi connectivity index (χ1) is 19.9. The molecule has 7 heteroatoms. The molecule has 0 radical (unpaired) electrons. The van der Waals surface area contributed by atoms with Gasteiger partial charge in [-0.2, -0.15) is 0 Å². The van der Waals surface area contributed by atoms with Gasteiger partial charge in [0.05, 0.1) is 6.61 Å². The van der Waals surface area contributed by atoms with Gasteiger partial charge in [-0.3, -0.25) is 14.4 Å².